The van der Waals surface area contributed by atoms with Gasteiger partial charge in [-0.2, -0.15) is 0 Å². The number of nitrogens with zero attached hydrogens (tertiary/aromatic N) is 3. The zero-order valence-electron chi connectivity index (χ0n) is 12.6. The van der Waals surface area contributed by atoms with Crippen molar-refractivity contribution in [2.24, 2.45) is 0 Å². The first-order chi connectivity index (χ1) is 8.96. The lowest BCUT2D eigenvalue weighted by molar-refractivity contribution is 0.365. The van der Waals surface area contributed by atoms with Gasteiger partial charge in [-0.15, -0.1) is 0 Å². The molecule has 1 aromatic heterocycles. The van der Waals surface area contributed by atoms with Crippen LogP contribution < -0.4 is 10.2 Å². The Bertz CT molecular complexity index is 411. The minimum Gasteiger partial charge on any atom is -0.352 e. The maximum atomic E-state index is 4.44. The molecule has 2 rings (SSSR count). The number of hydrogen-bond donors (Lipinski definition) is 1. The van der Waals surface area contributed by atoms with Gasteiger partial charge in [0.15, 0.2) is 0 Å². The van der Waals surface area contributed by atoms with Crippen LogP contribution >= 0.6 is 0 Å². The minimum atomic E-state index is 0.171. The van der Waals surface area contributed by atoms with Crippen LogP contribution in [0.25, 0.3) is 0 Å². The zero-order chi connectivity index (χ0) is 13.9. The Balaban J connectivity index is 2.07. The lowest BCUT2D eigenvalue weighted by Gasteiger charge is -2.38. The second-order valence-corrected chi connectivity index (χ2v) is 6.49. The zero-order valence-corrected chi connectivity index (χ0v) is 12.6. The fourth-order valence-electron chi connectivity index (χ4n) is 2.54. The van der Waals surface area contributed by atoms with Crippen LogP contribution in [-0.4, -0.2) is 34.6 Å². The third-order valence-electron chi connectivity index (χ3n) is 3.58. The van der Waals surface area contributed by atoms with E-state index in [0.29, 0.717) is 6.04 Å². The lowest BCUT2D eigenvalue weighted by Crippen LogP contribution is -2.50. The molecule has 0 amide bonds. The standard InChI is InChI=1S/C15H26N4/c1-12-9-14(17-11-16-12)19-8-6-5-7-13(19)10-18-15(2,3)4/h9,11,13,18H,5-8,10H2,1-4H3. The molecule has 0 radical (unpaired) electrons. The fraction of sp³-hybridized carbons (Fsp3) is 0.733. The average molecular weight is 262 g/mol. The number of piperidine rings is 1. The molecule has 1 fully saturated rings. The van der Waals surface area contributed by atoms with Crippen LogP contribution in [0.15, 0.2) is 12.4 Å². The number of hydrogen-bond acceptors (Lipinski definition) is 4. The highest BCUT2D eigenvalue weighted by atomic mass is 15.2. The van der Waals surface area contributed by atoms with Gasteiger partial charge in [0.05, 0.1) is 0 Å². The third kappa shape index (κ3) is 4.16. The summed E-state index contributed by atoms with van der Waals surface area (Å²) < 4.78 is 0. The van der Waals surface area contributed by atoms with Gasteiger partial charge in [-0.25, -0.2) is 9.97 Å². The number of aromatic nitrogens is 2. The van der Waals surface area contributed by atoms with Gasteiger partial charge in [-0.3, -0.25) is 0 Å². The summed E-state index contributed by atoms with van der Waals surface area (Å²) in [6, 6.07) is 2.64. The van der Waals surface area contributed by atoms with Crippen LogP contribution in [0.1, 0.15) is 45.7 Å². The SMILES string of the molecule is Cc1cc(N2CCCCC2CNC(C)(C)C)ncn1. The predicted octanol–water partition coefficient (Wildman–Crippen LogP) is 2.53. The number of nitrogens with one attached hydrogen (secondary N) is 1. The van der Waals surface area contributed by atoms with Gasteiger partial charge in [-0.1, -0.05) is 0 Å². The van der Waals surface area contributed by atoms with Crippen LogP contribution in [0.2, 0.25) is 0 Å². The van der Waals surface area contributed by atoms with E-state index in [0.717, 1.165) is 24.6 Å². The molecule has 1 atom stereocenters. The van der Waals surface area contributed by atoms with E-state index in [1.54, 1.807) is 6.33 Å². The second kappa shape index (κ2) is 5.87. The van der Waals surface area contributed by atoms with Gasteiger partial charge in [0.2, 0.25) is 0 Å². The maximum Gasteiger partial charge on any atom is 0.132 e. The van der Waals surface area contributed by atoms with Crippen molar-refractivity contribution in [2.75, 3.05) is 18.0 Å². The lowest BCUT2D eigenvalue weighted by atomic mass is 10.0. The Hall–Kier alpha value is -1.16. The molecule has 0 spiro atoms. The molecule has 2 heterocycles. The fourth-order valence-corrected chi connectivity index (χ4v) is 2.54. The van der Waals surface area contributed by atoms with Gasteiger partial charge >= 0.3 is 0 Å². The smallest absolute Gasteiger partial charge is 0.132 e. The normalized spacial score (nSPS) is 20.6. The van der Waals surface area contributed by atoms with Gasteiger partial charge in [0, 0.05) is 36.4 Å². The average Bonchev–Trinajstić information content (AvgIpc) is 2.36. The molecule has 0 aromatic carbocycles. The summed E-state index contributed by atoms with van der Waals surface area (Å²) in [5, 5.41) is 3.62. The van der Waals surface area contributed by atoms with Gasteiger partial charge in [0.1, 0.15) is 12.1 Å². The molecule has 19 heavy (non-hydrogen) atoms. The summed E-state index contributed by atoms with van der Waals surface area (Å²) in [6.07, 6.45) is 5.49. The molecule has 4 heteroatoms. The first-order valence-corrected chi connectivity index (χ1v) is 7.26. The Morgan fingerprint density at radius 3 is 2.79 bits per heavy atom. The van der Waals surface area contributed by atoms with Crippen molar-refractivity contribution in [3.05, 3.63) is 18.1 Å². The highest BCUT2D eigenvalue weighted by Gasteiger charge is 2.24. The highest BCUT2D eigenvalue weighted by molar-refractivity contribution is 5.40. The maximum absolute atomic E-state index is 4.44. The molecule has 4 nitrogen and oxygen atoms in total. The summed E-state index contributed by atoms with van der Waals surface area (Å²) in [7, 11) is 0. The molecule has 106 valence electrons. The van der Waals surface area contributed by atoms with Crippen molar-refractivity contribution >= 4 is 5.82 Å². The summed E-state index contributed by atoms with van der Waals surface area (Å²) in [4.78, 5) is 11.1. The van der Waals surface area contributed by atoms with Crippen LogP contribution in [-0.2, 0) is 0 Å². The van der Waals surface area contributed by atoms with Gasteiger partial charge in [-0.05, 0) is 47.0 Å². The first kappa shape index (κ1) is 14.3. The third-order valence-corrected chi connectivity index (χ3v) is 3.58. The van der Waals surface area contributed by atoms with E-state index >= 15 is 0 Å². The van der Waals surface area contributed by atoms with Crippen molar-refractivity contribution in [2.45, 2.75) is 58.5 Å². The first-order valence-electron chi connectivity index (χ1n) is 7.26. The molecule has 1 aliphatic heterocycles. The number of anilines is 1. The molecule has 1 N–H and O–H groups in total. The van der Waals surface area contributed by atoms with E-state index < -0.39 is 0 Å². The molecule has 0 bridgehead atoms. The summed E-state index contributed by atoms with van der Waals surface area (Å²) >= 11 is 0. The van der Waals surface area contributed by atoms with Crippen molar-refractivity contribution in [3.8, 4) is 0 Å². The van der Waals surface area contributed by atoms with Crippen LogP contribution in [0.3, 0.4) is 0 Å². The van der Waals surface area contributed by atoms with Crippen LogP contribution in [0.4, 0.5) is 5.82 Å². The van der Waals surface area contributed by atoms with E-state index in [4.69, 9.17) is 0 Å². The molecular formula is C15H26N4. The van der Waals surface area contributed by atoms with E-state index in [9.17, 15) is 0 Å². The van der Waals surface area contributed by atoms with Crippen LogP contribution in [0, 0.1) is 6.92 Å². The Morgan fingerprint density at radius 1 is 1.32 bits per heavy atom. The molecule has 0 aliphatic carbocycles. The predicted molar refractivity (Wildman–Crippen MR) is 79.5 cm³/mol. The number of aryl methyl sites for hydroxylation is 1. The van der Waals surface area contributed by atoms with E-state index in [1.807, 2.05) is 6.92 Å². The van der Waals surface area contributed by atoms with Crippen molar-refractivity contribution in [1.29, 1.82) is 0 Å². The van der Waals surface area contributed by atoms with Gasteiger partial charge in [0.25, 0.3) is 0 Å². The second-order valence-electron chi connectivity index (χ2n) is 6.49. The van der Waals surface area contributed by atoms with Crippen molar-refractivity contribution in [3.63, 3.8) is 0 Å². The molecule has 1 aliphatic rings. The topological polar surface area (TPSA) is 41.0 Å². The van der Waals surface area contributed by atoms with E-state index in [1.165, 1.54) is 19.3 Å². The summed E-state index contributed by atoms with van der Waals surface area (Å²) in [5.41, 5.74) is 1.21. The quantitative estimate of drug-likeness (QED) is 0.909. The molecule has 1 aromatic rings. The summed E-state index contributed by atoms with van der Waals surface area (Å²) in [5.74, 6) is 1.08. The Kier molecular flexibility index (Phi) is 4.40. The van der Waals surface area contributed by atoms with Crippen molar-refractivity contribution in [1.82, 2.24) is 15.3 Å². The Labute approximate surface area is 116 Å². The largest absolute Gasteiger partial charge is 0.352 e. The summed E-state index contributed by atoms with van der Waals surface area (Å²) in [6.45, 7) is 10.8. The van der Waals surface area contributed by atoms with Crippen molar-refractivity contribution < 1.29 is 0 Å². The Morgan fingerprint density at radius 2 is 2.11 bits per heavy atom. The molecule has 1 unspecified atom stereocenters. The molecule has 1 saturated heterocycles. The molecular weight excluding hydrogens is 236 g/mol. The molecule has 0 saturated carbocycles. The highest BCUT2D eigenvalue weighted by Crippen LogP contribution is 2.23. The van der Waals surface area contributed by atoms with Gasteiger partial charge < -0.3 is 10.2 Å². The monoisotopic (exact) mass is 262 g/mol. The minimum absolute atomic E-state index is 0.171. The van der Waals surface area contributed by atoms with Crippen LogP contribution in [0.5, 0.6) is 0 Å². The number of rotatable bonds is 3. The van der Waals surface area contributed by atoms with E-state index in [-0.39, 0.29) is 5.54 Å². The van der Waals surface area contributed by atoms with E-state index in [2.05, 4.69) is 47.0 Å².